The molecule has 0 aliphatic rings. The van der Waals surface area contributed by atoms with Gasteiger partial charge in [-0.1, -0.05) is 44.0 Å². The number of hydrogen-bond acceptors (Lipinski definition) is 2. The molecule has 1 aromatic heterocycles. The third-order valence-electron chi connectivity index (χ3n) is 2.05. The molecule has 1 N–H and O–H groups in total. The molecule has 0 atom stereocenters. The summed E-state index contributed by atoms with van der Waals surface area (Å²) in [5, 5.41) is 2.82. The molecule has 1 heterocycles. The summed E-state index contributed by atoms with van der Waals surface area (Å²) in [5.41, 5.74) is 0.846. The van der Waals surface area contributed by atoms with Gasteiger partial charge in [0.05, 0.1) is 5.69 Å². The van der Waals surface area contributed by atoms with Crippen LogP contribution in [0.4, 0.5) is 5.69 Å². The van der Waals surface area contributed by atoms with Gasteiger partial charge >= 0.3 is 0 Å². The number of hydrogen-bond donors (Lipinski definition) is 1. The zero-order valence-electron chi connectivity index (χ0n) is 9.92. The molecule has 0 saturated carbocycles. The lowest BCUT2D eigenvalue weighted by atomic mass is 9.95. The van der Waals surface area contributed by atoms with Crippen LogP contribution in [-0.2, 0) is 4.79 Å². The molecule has 17 heavy (non-hydrogen) atoms. The summed E-state index contributed by atoms with van der Waals surface area (Å²) in [7, 11) is 0. The van der Waals surface area contributed by atoms with Crippen molar-refractivity contribution in [1.29, 1.82) is 0 Å². The number of pyridine rings is 1. The van der Waals surface area contributed by atoms with Gasteiger partial charge in [-0.05, 0) is 12.1 Å². The number of carbonyl (C=O) groups excluding carboxylic acids is 1. The maximum absolute atomic E-state index is 11.9. The number of amides is 1. The Bertz CT molecular complexity index is 446. The second-order valence-corrected chi connectivity index (χ2v) is 5.61. The van der Waals surface area contributed by atoms with Crippen LogP contribution in [0.3, 0.4) is 0 Å². The van der Waals surface area contributed by atoms with Crippen LogP contribution < -0.4 is 5.32 Å². The molecule has 3 nitrogen and oxygen atoms in total. The van der Waals surface area contributed by atoms with E-state index in [0.717, 1.165) is 0 Å². The van der Waals surface area contributed by atoms with E-state index in [1.54, 1.807) is 18.5 Å². The number of nitrogens with one attached hydrogen (secondary N) is 1. The highest BCUT2D eigenvalue weighted by atomic mass is 35.5. The van der Waals surface area contributed by atoms with Crippen LogP contribution in [0.2, 0.25) is 0 Å². The first kappa shape index (κ1) is 14.0. The zero-order valence-corrected chi connectivity index (χ0v) is 11.4. The maximum atomic E-state index is 11.9. The highest BCUT2D eigenvalue weighted by Gasteiger charge is 2.21. The molecule has 92 valence electrons. The van der Waals surface area contributed by atoms with Gasteiger partial charge in [-0.25, -0.2) is 0 Å². The third-order valence-corrected chi connectivity index (χ3v) is 2.26. The molecule has 5 heteroatoms. The molecule has 1 rings (SSSR count). The fourth-order valence-corrected chi connectivity index (χ4v) is 1.30. The van der Waals surface area contributed by atoms with Gasteiger partial charge in [0.25, 0.3) is 0 Å². The van der Waals surface area contributed by atoms with Gasteiger partial charge in [-0.2, -0.15) is 0 Å². The summed E-state index contributed by atoms with van der Waals surface area (Å²) in [5.74, 6) is -0.0796. The van der Waals surface area contributed by atoms with Crippen molar-refractivity contribution >= 4 is 40.9 Å². The van der Waals surface area contributed by atoms with Gasteiger partial charge in [-0.15, -0.1) is 0 Å². The van der Waals surface area contributed by atoms with E-state index in [4.69, 9.17) is 23.2 Å². The summed E-state index contributed by atoms with van der Waals surface area (Å²) in [6.45, 7) is 5.52. The van der Waals surface area contributed by atoms with Crippen molar-refractivity contribution in [2.24, 2.45) is 5.41 Å². The lowest BCUT2D eigenvalue weighted by Crippen LogP contribution is -2.27. The lowest BCUT2D eigenvalue weighted by Gasteiger charge is -2.18. The predicted molar refractivity (Wildman–Crippen MR) is 72.0 cm³/mol. The van der Waals surface area contributed by atoms with Crippen molar-refractivity contribution in [2.75, 3.05) is 5.32 Å². The highest BCUT2D eigenvalue weighted by Crippen LogP contribution is 2.23. The van der Waals surface area contributed by atoms with E-state index in [9.17, 15) is 4.79 Å². The Kier molecular flexibility index (Phi) is 4.54. The van der Waals surface area contributed by atoms with E-state index in [-0.39, 0.29) is 10.4 Å². The SMILES string of the molecule is CC(C)(C)C(=O)Nc1ccncc1C=C(Cl)Cl. The smallest absolute Gasteiger partial charge is 0.229 e. The maximum Gasteiger partial charge on any atom is 0.229 e. The number of carbonyl (C=O) groups is 1. The van der Waals surface area contributed by atoms with E-state index in [1.165, 1.54) is 6.08 Å². The molecule has 1 aromatic rings. The Morgan fingerprint density at radius 3 is 2.59 bits per heavy atom. The molecule has 0 saturated heterocycles. The van der Waals surface area contributed by atoms with E-state index >= 15 is 0 Å². The summed E-state index contributed by atoms with van der Waals surface area (Å²) < 4.78 is 0.115. The van der Waals surface area contributed by atoms with E-state index in [2.05, 4.69) is 10.3 Å². The Hall–Kier alpha value is -1.06. The number of nitrogens with zero attached hydrogens (tertiary/aromatic N) is 1. The first-order valence-corrected chi connectivity index (χ1v) is 5.84. The van der Waals surface area contributed by atoms with Crippen LogP contribution in [0.5, 0.6) is 0 Å². The van der Waals surface area contributed by atoms with Crippen molar-refractivity contribution in [3.05, 3.63) is 28.5 Å². The zero-order chi connectivity index (χ0) is 13.1. The van der Waals surface area contributed by atoms with Gasteiger partial charge in [0.1, 0.15) is 4.49 Å². The molecule has 0 aromatic carbocycles. The topological polar surface area (TPSA) is 42.0 Å². The molecular weight excluding hydrogens is 259 g/mol. The summed E-state index contributed by atoms with van der Waals surface area (Å²) >= 11 is 11.2. The van der Waals surface area contributed by atoms with E-state index in [1.807, 2.05) is 20.8 Å². The predicted octanol–water partition coefficient (Wildman–Crippen LogP) is 3.84. The standard InChI is InChI=1S/C12H14Cl2N2O/c1-12(2,3)11(17)16-9-4-5-15-7-8(9)6-10(13)14/h4-7H,1-3H3,(H,15,16,17). The second kappa shape index (κ2) is 5.52. The highest BCUT2D eigenvalue weighted by molar-refractivity contribution is 6.57. The lowest BCUT2D eigenvalue weighted by molar-refractivity contribution is -0.123. The molecule has 0 spiro atoms. The molecule has 0 aliphatic carbocycles. The first-order valence-electron chi connectivity index (χ1n) is 5.09. The van der Waals surface area contributed by atoms with Crippen LogP contribution >= 0.6 is 23.2 Å². The minimum absolute atomic E-state index is 0.0796. The second-order valence-electron chi connectivity index (χ2n) is 4.60. The molecule has 0 bridgehead atoms. The van der Waals surface area contributed by atoms with Gasteiger partial charge in [-0.3, -0.25) is 9.78 Å². The van der Waals surface area contributed by atoms with Crippen molar-refractivity contribution in [3.8, 4) is 0 Å². The third kappa shape index (κ3) is 4.36. The number of anilines is 1. The number of halogens is 2. The average Bonchev–Trinajstić information content (AvgIpc) is 2.18. The Labute approximate surface area is 111 Å². The molecule has 0 aliphatic heterocycles. The monoisotopic (exact) mass is 272 g/mol. The summed E-state index contributed by atoms with van der Waals surface area (Å²) in [6, 6.07) is 1.70. The van der Waals surface area contributed by atoms with Crippen molar-refractivity contribution < 1.29 is 4.79 Å². The van der Waals surface area contributed by atoms with Crippen LogP contribution in [-0.4, -0.2) is 10.9 Å². The molecule has 0 radical (unpaired) electrons. The fraction of sp³-hybridized carbons (Fsp3) is 0.333. The van der Waals surface area contributed by atoms with E-state index < -0.39 is 5.41 Å². The Morgan fingerprint density at radius 2 is 2.06 bits per heavy atom. The molecule has 0 fully saturated rings. The molecular formula is C12H14Cl2N2O. The largest absolute Gasteiger partial charge is 0.325 e. The van der Waals surface area contributed by atoms with Crippen LogP contribution in [0, 0.1) is 5.41 Å². The van der Waals surface area contributed by atoms with Gasteiger partial charge in [0, 0.05) is 23.4 Å². The Balaban J connectivity index is 3.00. The molecule has 1 amide bonds. The van der Waals surface area contributed by atoms with Crippen molar-refractivity contribution in [2.45, 2.75) is 20.8 Å². The summed E-state index contributed by atoms with van der Waals surface area (Å²) in [6.07, 6.45) is 4.72. The van der Waals surface area contributed by atoms with Crippen molar-refractivity contribution in [1.82, 2.24) is 4.98 Å². The number of rotatable bonds is 2. The van der Waals surface area contributed by atoms with Gasteiger partial charge < -0.3 is 5.32 Å². The van der Waals surface area contributed by atoms with Crippen LogP contribution in [0.1, 0.15) is 26.3 Å². The van der Waals surface area contributed by atoms with Gasteiger partial charge in [0.15, 0.2) is 0 Å². The fourth-order valence-electron chi connectivity index (χ4n) is 1.06. The van der Waals surface area contributed by atoms with Crippen molar-refractivity contribution in [3.63, 3.8) is 0 Å². The quantitative estimate of drug-likeness (QED) is 0.889. The number of aromatic nitrogens is 1. The van der Waals surface area contributed by atoms with E-state index in [0.29, 0.717) is 11.3 Å². The normalized spacial score (nSPS) is 10.9. The van der Waals surface area contributed by atoms with Gasteiger partial charge in [0.2, 0.25) is 5.91 Å². The molecule has 0 unspecified atom stereocenters. The summed E-state index contributed by atoms with van der Waals surface area (Å²) in [4.78, 5) is 15.8. The average molecular weight is 273 g/mol. The van der Waals surface area contributed by atoms with Crippen LogP contribution in [0.15, 0.2) is 23.0 Å². The minimum Gasteiger partial charge on any atom is -0.325 e. The van der Waals surface area contributed by atoms with Crippen LogP contribution in [0.25, 0.3) is 6.08 Å². The Morgan fingerprint density at radius 1 is 1.41 bits per heavy atom. The first-order chi connectivity index (χ1) is 7.80. The minimum atomic E-state index is -0.463.